The van der Waals surface area contributed by atoms with E-state index in [1.165, 1.54) is 57.8 Å². The molecule has 0 saturated carbocycles. The molecule has 0 spiro atoms. The summed E-state index contributed by atoms with van der Waals surface area (Å²) >= 11 is 0. The summed E-state index contributed by atoms with van der Waals surface area (Å²) < 4.78 is 0. The molecule has 0 aromatic carbocycles. The first kappa shape index (κ1) is 17.2. The van der Waals surface area contributed by atoms with Crippen LogP contribution in [0, 0.1) is 0 Å². The molecular weight excluding hydrogens is 216 g/mol. The summed E-state index contributed by atoms with van der Waals surface area (Å²) in [6, 6.07) is 0. The average Bonchev–Trinajstić information content (AvgIpc) is 2.39. The number of hydrogen-bond acceptors (Lipinski definition) is 0. The van der Waals surface area contributed by atoms with E-state index in [0.717, 1.165) is 6.42 Å². The topological polar surface area (TPSA) is 0 Å². The van der Waals surface area contributed by atoms with Gasteiger partial charge in [-0.1, -0.05) is 75.5 Å². The van der Waals surface area contributed by atoms with E-state index in [4.69, 9.17) is 0 Å². The quantitative estimate of drug-likeness (QED) is 0.270. The van der Waals surface area contributed by atoms with Gasteiger partial charge < -0.3 is 0 Å². The molecule has 0 bridgehead atoms. The fourth-order valence-corrected chi connectivity index (χ4v) is 1.91. The summed E-state index contributed by atoms with van der Waals surface area (Å²) in [5, 5.41) is 0. The molecule has 0 N–H and O–H groups in total. The van der Waals surface area contributed by atoms with Gasteiger partial charge in [0, 0.05) is 0 Å². The van der Waals surface area contributed by atoms with Crippen LogP contribution >= 0.6 is 0 Å². The second kappa shape index (κ2) is 16.2. The van der Waals surface area contributed by atoms with Crippen molar-refractivity contribution in [1.82, 2.24) is 0 Å². The third kappa shape index (κ3) is 15.2. The minimum atomic E-state index is 1.10. The standard InChI is InChI=1S/C18H32/c1-3-5-7-9-11-13-15-17-18-16-14-12-10-8-6-4-2/h3,5,11,13,17-18H,4,6-10,12,14-16H2,1-2H3. The summed E-state index contributed by atoms with van der Waals surface area (Å²) in [7, 11) is 0. The molecule has 0 unspecified atom stereocenters. The molecule has 0 saturated heterocycles. The van der Waals surface area contributed by atoms with Crippen LogP contribution in [0.15, 0.2) is 36.5 Å². The van der Waals surface area contributed by atoms with Crippen molar-refractivity contribution < 1.29 is 0 Å². The minimum absolute atomic E-state index is 1.10. The highest BCUT2D eigenvalue weighted by Gasteiger charge is 1.87. The number of hydrogen-bond donors (Lipinski definition) is 0. The van der Waals surface area contributed by atoms with E-state index in [-0.39, 0.29) is 0 Å². The van der Waals surface area contributed by atoms with Gasteiger partial charge in [-0.05, 0) is 39.0 Å². The van der Waals surface area contributed by atoms with Crippen LogP contribution in [0.1, 0.15) is 78.1 Å². The van der Waals surface area contributed by atoms with Gasteiger partial charge in [-0.25, -0.2) is 0 Å². The molecule has 0 aromatic rings. The predicted molar refractivity (Wildman–Crippen MR) is 84.9 cm³/mol. The lowest BCUT2D eigenvalue weighted by atomic mass is 10.1. The van der Waals surface area contributed by atoms with E-state index < -0.39 is 0 Å². The molecule has 0 rings (SSSR count). The van der Waals surface area contributed by atoms with Crippen LogP contribution in [0.2, 0.25) is 0 Å². The Balaban J connectivity index is 3.17. The summed E-state index contributed by atoms with van der Waals surface area (Å²) in [6.07, 6.45) is 26.6. The molecule has 0 aliphatic carbocycles. The third-order valence-electron chi connectivity index (χ3n) is 3.07. The van der Waals surface area contributed by atoms with Crippen molar-refractivity contribution in [2.75, 3.05) is 0 Å². The van der Waals surface area contributed by atoms with Gasteiger partial charge >= 0.3 is 0 Å². The molecule has 0 fully saturated rings. The van der Waals surface area contributed by atoms with E-state index in [9.17, 15) is 0 Å². The Hall–Kier alpha value is -0.780. The SMILES string of the molecule is CC=CCCC=CCC=CCCCCCCCC. The van der Waals surface area contributed by atoms with Gasteiger partial charge in [-0.15, -0.1) is 0 Å². The molecule has 0 aliphatic rings. The Morgan fingerprint density at radius 3 is 1.94 bits per heavy atom. The molecule has 0 aromatic heterocycles. The maximum Gasteiger partial charge on any atom is -0.0169 e. The molecule has 104 valence electrons. The van der Waals surface area contributed by atoms with Crippen molar-refractivity contribution in [1.29, 1.82) is 0 Å². The zero-order chi connectivity index (χ0) is 13.3. The first-order valence-corrected chi connectivity index (χ1v) is 7.83. The zero-order valence-electron chi connectivity index (χ0n) is 12.5. The second-order valence-electron chi connectivity index (χ2n) is 4.88. The second-order valence-corrected chi connectivity index (χ2v) is 4.88. The van der Waals surface area contributed by atoms with E-state index in [1.54, 1.807) is 0 Å². The van der Waals surface area contributed by atoms with Crippen molar-refractivity contribution in [2.24, 2.45) is 0 Å². The molecule has 0 heteroatoms. The van der Waals surface area contributed by atoms with E-state index in [2.05, 4.69) is 50.3 Å². The maximum absolute atomic E-state index is 2.34. The highest BCUT2D eigenvalue weighted by Crippen LogP contribution is 2.07. The van der Waals surface area contributed by atoms with Crippen LogP contribution in [-0.4, -0.2) is 0 Å². The van der Waals surface area contributed by atoms with Crippen molar-refractivity contribution in [2.45, 2.75) is 78.1 Å². The Labute approximate surface area is 115 Å². The molecule has 0 atom stereocenters. The van der Waals surface area contributed by atoms with Gasteiger partial charge in [-0.2, -0.15) is 0 Å². The van der Waals surface area contributed by atoms with Crippen molar-refractivity contribution >= 4 is 0 Å². The normalized spacial score (nSPS) is 12.3. The zero-order valence-corrected chi connectivity index (χ0v) is 12.5. The van der Waals surface area contributed by atoms with Crippen LogP contribution in [0.3, 0.4) is 0 Å². The van der Waals surface area contributed by atoms with Crippen LogP contribution in [0.5, 0.6) is 0 Å². The Morgan fingerprint density at radius 2 is 1.22 bits per heavy atom. The summed E-state index contributed by atoms with van der Waals surface area (Å²) in [6.45, 7) is 4.35. The Kier molecular flexibility index (Phi) is 15.5. The summed E-state index contributed by atoms with van der Waals surface area (Å²) in [4.78, 5) is 0. The van der Waals surface area contributed by atoms with E-state index in [1.807, 2.05) is 0 Å². The number of unbranched alkanes of at least 4 members (excludes halogenated alkanes) is 7. The fourth-order valence-electron chi connectivity index (χ4n) is 1.91. The van der Waals surface area contributed by atoms with E-state index >= 15 is 0 Å². The van der Waals surface area contributed by atoms with Crippen LogP contribution in [-0.2, 0) is 0 Å². The molecule has 0 amide bonds. The molecule has 0 aliphatic heterocycles. The van der Waals surface area contributed by atoms with Crippen LogP contribution in [0.4, 0.5) is 0 Å². The predicted octanol–water partition coefficient (Wildman–Crippen LogP) is 6.60. The van der Waals surface area contributed by atoms with Crippen molar-refractivity contribution in [3.8, 4) is 0 Å². The van der Waals surface area contributed by atoms with Crippen LogP contribution < -0.4 is 0 Å². The van der Waals surface area contributed by atoms with Gasteiger partial charge in [0.15, 0.2) is 0 Å². The molecule has 0 nitrogen and oxygen atoms in total. The summed E-state index contributed by atoms with van der Waals surface area (Å²) in [5.41, 5.74) is 0. The highest BCUT2D eigenvalue weighted by molar-refractivity contribution is 4.93. The molecule has 0 heterocycles. The van der Waals surface area contributed by atoms with Crippen LogP contribution in [0.25, 0.3) is 0 Å². The highest BCUT2D eigenvalue weighted by atomic mass is 13.9. The Morgan fingerprint density at radius 1 is 0.611 bits per heavy atom. The fraction of sp³-hybridized carbons (Fsp3) is 0.667. The number of allylic oxidation sites excluding steroid dienone is 6. The maximum atomic E-state index is 2.34. The lowest BCUT2D eigenvalue weighted by Gasteiger charge is -1.97. The van der Waals surface area contributed by atoms with Gasteiger partial charge in [-0.3, -0.25) is 0 Å². The third-order valence-corrected chi connectivity index (χ3v) is 3.07. The van der Waals surface area contributed by atoms with Crippen molar-refractivity contribution in [3.63, 3.8) is 0 Å². The van der Waals surface area contributed by atoms with Gasteiger partial charge in [0.1, 0.15) is 0 Å². The smallest absolute Gasteiger partial charge is 0.0169 e. The minimum Gasteiger partial charge on any atom is -0.0917 e. The molecular formula is C18H32. The monoisotopic (exact) mass is 248 g/mol. The van der Waals surface area contributed by atoms with Gasteiger partial charge in [0.25, 0.3) is 0 Å². The van der Waals surface area contributed by atoms with E-state index in [0.29, 0.717) is 0 Å². The summed E-state index contributed by atoms with van der Waals surface area (Å²) in [5.74, 6) is 0. The molecule has 18 heavy (non-hydrogen) atoms. The largest absolute Gasteiger partial charge is 0.0917 e. The first-order chi connectivity index (χ1) is 8.91. The molecule has 0 radical (unpaired) electrons. The van der Waals surface area contributed by atoms with Gasteiger partial charge in [0.2, 0.25) is 0 Å². The Bertz CT molecular complexity index is 220. The first-order valence-electron chi connectivity index (χ1n) is 7.83. The average molecular weight is 248 g/mol. The lowest BCUT2D eigenvalue weighted by Crippen LogP contribution is -1.77. The lowest BCUT2D eigenvalue weighted by molar-refractivity contribution is 0.611. The van der Waals surface area contributed by atoms with Crippen molar-refractivity contribution in [3.05, 3.63) is 36.5 Å². The number of rotatable bonds is 12. The van der Waals surface area contributed by atoms with Gasteiger partial charge in [0.05, 0.1) is 0 Å².